The van der Waals surface area contributed by atoms with Crippen molar-refractivity contribution in [1.29, 1.82) is 0 Å². The zero-order chi connectivity index (χ0) is 22.2. The molecule has 2 N–H and O–H groups in total. The van der Waals surface area contributed by atoms with E-state index >= 15 is 0 Å². The van der Waals surface area contributed by atoms with Crippen molar-refractivity contribution in [2.75, 3.05) is 13.1 Å². The minimum absolute atomic E-state index is 0.176. The van der Waals surface area contributed by atoms with Crippen LogP contribution in [0.3, 0.4) is 0 Å². The maximum absolute atomic E-state index is 12.5. The molecule has 0 bridgehead atoms. The van der Waals surface area contributed by atoms with Crippen molar-refractivity contribution in [3.05, 3.63) is 69.2 Å². The number of hydrogen-bond acceptors (Lipinski definition) is 3. The molecular formula is C24H29Cl2N3O2. The quantitative estimate of drug-likeness (QED) is 0.621. The van der Waals surface area contributed by atoms with Gasteiger partial charge in [-0.2, -0.15) is 0 Å². The number of halogens is 2. The third-order valence-electron chi connectivity index (χ3n) is 5.50. The molecule has 1 aliphatic rings. The summed E-state index contributed by atoms with van der Waals surface area (Å²) in [5.41, 5.74) is 2.54. The average molecular weight is 462 g/mol. The van der Waals surface area contributed by atoms with Gasteiger partial charge in [0.25, 0.3) is 5.91 Å². The first-order valence-electron chi connectivity index (χ1n) is 10.8. The van der Waals surface area contributed by atoms with Crippen molar-refractivity contribution in [2.45, 2.75) is 51.7 Å². The lowest BCUT2D eigenvalue weighted by Gasteiger charge is -2.20. The standard InChI is InChI=1S/C24H29Cl2N3O2/c1-17(28-24(31)20-10-7-11-21(25)22(20)26)23(30)27-15-18-8-6-9-19(14-18)16-29-12-4-2-3-5-13-29/h6-11,14,17H,2-5,12-13,15-16H2,1H3,(H,27,30)(H,28,31). The van der Waals surface area contributed by atoms with Gasteiger partial charge in [0.1, 0.15) is 6.04 Å². The first kappa shape index (κ1) is 23.6. The fourth-order valence-electron chi connectivity index (χ4n) is 3.75. The van der Waals surface area contributed by atoms with Crippen molar-refractivity contribution >= 4 is 35.0 Å². The molecule has 7 heteroatoms. The molecule has 1 fully saturated rings. The first-order valence-corrected chi connectivity index (χ1v) is 11.5. The van der Waals surface area contributed by atoms with E-state index in [-0.39, 0.29) is 16.5 Å². The number of nitrogens with zero attached hydrogens (tertiary/aromatic N) is 1. The van der Waals surface area contributed by atoms with Crippen LogP contribution >= 0.6 is 23.2 Å². The maximum atomic E-state index is 12.5. The van der Waals surface area contributed by atoms with E-state index < -0.39 is 11.9 Å². The molecule has 0 aliphatic carbocycles. The highest BCUT2D eigenvalue weighted by Gasteiger charge is 2.19. The second-order valence-corrected chi connectivity index (χ2v) is 8.81. The van der Waals surface area contributed by atoms with Gasteiger partial charge in [-0.25, -0.2) is 0 Å². The largest absolute Gasteiger partial charge is 0.350 e. The fourth-order valence-corrected chi connectivity index (χ4v) is 4.14. The number of hydrogen-bond donors (Lipinski definition) is 2. The Labute approximate surface area is 194 Å². The minimum Gasteiger partial charge on any atom is -0.350 e. The molecule has 0 radical (unpaired) electrons. The van der Waals surface area contributed by atoms with E-state index in [1.807, 2.05) is 12.1 Å². The Balaban J connectivity index is 1.51. The molecule has 0 saturated carbocycles. The number of likely N-dealkylation sites (tertiary alicyclic amines) is 1. The number of carbonyl (C=O) groups is 2. The van der Waals surface area contributed by atoms with Gasteiger partial charge >= 0.3 is 0 Å². The van der Waals surface area contributed by atoms with Gasteiger partial charge in [0.15, 0.2) is 0 Å². The molecule has 3 rings (SSSR count). The molecule has 1 atom stereocenters. The molecule has 2 aromatic rings. The molecular weight excluding hydrogens is 433 g/mol. The van der Waals surface area contributed by atoms with Crippen LogP contribution in [0.5, 0.6) is 0 Å². The average Bonchev–Trinajstić information content (AvgIpc) is 3.02. The van der Waals surface area contributed by atoms with Gasteiger partial charge in [0.2, 0.25) is 5.91 Å². The Bertz CT molecular complexity index is 911. The lowest BCUT2D eigenvalue weighted by Crippen LogP contribution is -2.44. The third kappa shape index (κ3) is 6.96. The highest BCUT2D eigenvalue weighted by molar-refractivity contribution is 6.43. The highest BCUT2D eigenvalue weighted by Crippen LogP contribution is 2.25. The molecule has 0 spiro atoms. The number of carbonyl (C=O) groups excluding carboxylic acids is 2. The van der Waals surface area contributed by atoms with Gasteiger partial charge in [-0.1, -0.05) is 66.4 Å². The van der Waals surface area contributed by atoms with Gasteiger partial charge < -0.3 is 10.6 Å². The minimum atomic E-state index is -0.706. The summed E-state index contributed by atoms with van der Waals surface area (Å²) in [5.74, 6) is -0.695. The summed E-state index contributed by atoms with van der Waals surface area (Å²) in [6.45, 7) is 5.28. The molecule has 1 unspecified atom stereocenters. The molecule has 0 aromatic heterocycles. The second kappa shape index (κ2) is 11.5. The van der Waals surface area contributed by atoms with E-state index in [0.717, 1.165) is 25.2 Å². The van der Waals surface area contributed by atoms with Crippen LogP contribution in [-0.4, -0.2) is 35.8 Å². The third-order valence-corrected chi connectivity index (χ3v) is 6.32. The van der Waals surface area contributed by atoms with Crippen LogP contribution in [0.1, 0.15) is 54.1 Å². The molecule has 1 heterocycles. The zero-order valence-corrected chi connectivity index (χ0v) is 19.3. The monoisotopic (exact) mass is 461 g/mol. The fraction of sp³-hybridized carbons (Fsp3) is 0.417. The summed E-state index contributed by atoms with van der Waals surface area (Å²) in [7, 11) is 0. The predicted molar refractivity (Wildman–Crippen MR) is 125 cm³/mol. The van der Waals surface area contributed by atoms with Gasteiger partial charge in [0.05, 0.1) is 15.6 Å². The summed E-state index contributed by atoms with van der Waals surface area (Å²) in [4.78, 5) is 27.4. The smallest absolute Gasteiger partial charge is 0.253 e. The van der Waals surface area contributed by atoms with E-state index in [0.29, 0.717) is 11.6 Å². The Morgan fingerprint density at radius 2 is 1.68 bits per heavy atom. The number of amides is 2. The molecule has 2 amide bonds. The normalized spacial score (nSPS) is 15.7. The Hall–Kier alpha value is -2.08. The maximum Gasteiger partial charge on any atom is 0.253 e. The number of nitrogens with one attached hydrogen (secondary N) is 2. The van der Waals surface area contributed by atoms with Crippen molar-refractivity contribution in [2.24, 2.45) is 0 Å². The Morgan fingerprint density at radius 1 is 1.00 bits per heavy atom. The topological polar surface area (TPSA) is 61.4 Å². The number of rotatable bonds is 7. The highest BCUT2D eigenvalue weighted by atomic mass is 35.5. The second-order valence-electron chi connectivity index (χ2n) is 8.02. The first-order chi connectivity index (χ1) is 14.9. The van der Waals surface area contributed by atoms with Gasteiger partial charge in [0, 0.05) is 13.1 Å². The summed E-state index contributed by atoms with van der Waals surface area (Å²) < 4.78 is 0. The Kier molecular flexibility index (Phi) is 8.76. The summed E-state index contributed by atoms with van der Waals surface area (Å²) in [5, 5.41) is 6.04. The zero-order valence-electron chi connectivity index (χ0n) is 17.8. The van der Waals surface area contributed by atoms with Gasteiger partial charge in [-0.3, -0.25) is 14.5 Å². The SMILES string of the molecule is CC(NC(=O)c1cccc(Cl)c1Cl)C(=O)NCc1cccc(CN2CCCCCC2)c1. The van der Waals surface area contributed by atoms with Crippen molar-refractivity contribution in [3.63, 3.8) is 0 Å². The molecule has 1 aliphatic heterocycles. The van der Waals surface area contributed by atoms with E-state index in [2.05, 4.69) is 27.7 Å². The van der Waals surface area contributed by atoms with Gasteiger partial charge in [-0.15, -0.1) is 0 Å². The van der Waals surface area contributed by atoms with Crippen LogP contribution in [0, 0.1) is 0 Å². The number of benzene rings is 2. The van der Waals surface area contributed by atoms with Crippen LogP contribution in [0.2, 0.25) is 10.0 Å². The summed E-state index contributed by atoms with van der Waals surface area (Å²) in [6, 6.07) is 12.4. The summed E-state index contributed by atoms with van der Waals surface area (Å²) >= 11 is 12.1. The lowest BCUT2D eigenvalue weighted by atomic mass is 10.1. The molecule has 5 nitrogen and oxygen atoms in total. The van der Waals surface area contributed by atoms with Crippen LogP contribution < -0.4 is 10.6 Å². The Morgan fingerprint density at radius 3 is 2.42 bits per heavy atom. The van der Waals surface area contributed by atoms with E-state index in [9.17, 15) is 9.59 Å². The molecule has 31 heavy (non-hydrogen) atoms. The van der Waals surface area contributed by atoms with E-state index in [1.165, 1.54) is 31.2 Å². The van der Waals surface area contributed by atoms with Crippen molar-refractivity contribution in [1.82, 2.24) is 15.5 Å². The van der Waals surface area contributed by atoms with Crippen LogP contribution in [0.15, 0.2) is 42.5 Å². The van der Waals surface area contributed by atoms with Crippen molar-refractivity contribution in [3.8, 4) is 0 Å². The van der Waals surface area contributed by atoms with Crippen LogP contribution in [0.4, 0.5) is 0 Å². The van der Waals surface area contributed by atoms with E-state index in [4.69, 9.17) is 23.2 Å². The molecule has 1 saturated heterocycles. The predicted octanol–water partition coefficient (Wildman–Crippen LogP) is 4.80. The summed E-state index contributed by atoms with van der Waals surface area (Å²) in [6.07, 6.45) is 5.17. The molecule has 2 aromatic carbocycles. The lowest BCUT2D eigenvalue weighted by molar-refractivity contribution is -0.122. The van der Waals surface area contributed by atoms with Crippen LogP contribution in [0.25, 0.3) is 0 Å². The molecule has 166 valence electrons. The van der Waals surface area contributed by atoms with Crippen molar-refractivity contribution < 1.29 is 9.59 Å². The van der Waals surface area contributed by atoms with E-state index in [1.54, 1.807) is 25.1 Å². The van der Waals surface area contributed by atoms with Crippen LogP contribution in [-0.2, 0) is 17.9 Å². The van der Waals surface area contributed by atoms with Gasteiger partial charge in [-0.05, 0) is 56.1 Å².